The van der Waals surface area contributed by atoms with Gasteiger partial charge in [-0.05, 0) is 43.2 Å². The number of hydrogen-bond acceptors (Lipinski definition) is 4. The van der Waals surface area contributed by atoms with Crippen LogP contribution in [0.25, 0.3) is 0 Å². The Morgan fingerprint density at radius 2 is 1.88 bits per heavy atom. The lowest BCUT2D eigenvalue weighted by molar-refractivity contribution is -0.904. The van der Waals surface area contributed by atoms with Crippen molar-refractivity contribution in [2.24, 2.45) is 0 Å². The summed E-state index contributed by atoms with van der Waals surface area (Å²) in [7, 11) is 4.16. The number of hydrogen-bond donors (Lipinski definition) is 0. The van der Waals surface area contributed by atoms with E-state index in [9.17, 15) is 10.1 Å². The number of quaternary nitrogens is 1. The summed E-state index contributed by atoms with van der Waals surface area (Å²) in [5.41, 5.74) is 0. The first-order chi connectivity index (χ1) is 11.4. The van der Waals surface area contributed by atoms with Crippen LogP contribution < -0.4 is 4.74 Å². The molecule has 1 aromatic heterocycles. The number of benzene rings is 1. The normalized spacial score (nSPS) is 11.5. The summed E-state index contributed by atoms with van der Waals surface area (Å²) in [6.07, 6.45) is 1.92. The predicted molar refractivity (Wildman–Crippen MR) is 92.2 cm³/mol. The third-order valence-electron chi connectivity index (χ3n) is 3.65. The summed E-state index contributed by atoms with van der Waals surface area (Å²) in [6, 6.07) is 10.4. The third kappa shape index (κ3) is 5.86. The minimum atomic E-state index is -0.516. The van der Waals surface area contributed by atoms with E-state index in [1.807, 2.05) is 12.1 Å². The lowest BCUT2D eigenvalue weighted by atomic mass is 10.2. The molecule has 0 amide bonds. The molecule has 0 aliphatic heterocycles. The molecule has 1 aromatic carbocycles. The minimum absolute atomic E-state index is 0.207. The molecule has 1 heterocycles. The van der Waals surface area contributed by atoms with Gasteiger partial charge < -0.3 is 13.6 Å². The Kier molecular flexibility index (Phi) is 6.23. The summed E-state index contributed by atoms with van der Waals surface area (Å²) in [6.45, 7) is 2.19. The molecule has 0 fully saturated rings. The van der Waals surface area contributed by atoms with Crippen LogP contribution in [0.4, 0.5) is 5.88 Å². The van der Waals surface area contributed by atoms with Gasteiger partial charge in [0, 0.05) is 5.02 Å². The van der Waals surface area contributed by atoms with Crippen molar-refractivity contribution in [2.75, 3.05) is 27.2 Å². The Labute approximate surface area is 146 Å². The van der Waals surface area contributed by atoms with Gasteiger partial charge in [0.05, 0.1) is 33.3 Å². The molecule has 0 saturated carbocycles. The monoisotopic (exact) mass is 353 g/mol. The predicted octanol–water partition coefficient (Wildman–Crippen LogP) is 4.28. The van der Waals surface area contributed by atoms with Crippen LogP contribution in [0.5, 0.6) is 5.75 Å². The van der Waals surface area contributed by atoms with Crippen molar-refractivity contribution in [1.82, 2.24) is 0 Å². The Hall–Kier alpha value is -2.05. The van der Waals surface area contributed by atoms with E-state index in [0.717, 1.165) is 25.1 Å². The molecule has 24 heavy (non-hydrogen) atoms. The number of unbranched alkanes of at least 4 members (excludes halogenated alkanes) is 1. The summed E-state index contributed by atoms with van der Waals surface area (Å²) in [5.74, 6) is 1.24. The second-order valence-electron chi connectivity index (χ2n) is 6.32. The first kappa shape index (κ1) is 18.3. The molecular weight excluding hydrogens is 332 g/mol. The van der Waals surface area contributed by atoms with Gasteiger partial charge in [0.15, 0.2) is 5.76 Å². The molecule has 130 valence electrons. The van der Waals surface area contributed by atoms with E-state index in [1.165, 1.54) is 6.07 Å². The van der Waals surface area contributed by atoms with Crippen LogP contribution in [0.1, 0.15) is 18.6 Å². The largest absolute Gasteiger partial charge is 0.494 e. The fourth-order valence-electron chi connectivity index (χ4n) is 2.41. The number of nitrogens with zero attached hydrogens (tertiary/aromatic N) is 2. The van der Waals surface area contributed by atoms with Crippen LogP contribution in [-0.4, -0.2) is 36.7 Å². The average Bonchev–Trinajstić information content (AvgIpc) is 2.96. The van der Waals surface area contributed by atoms with Gasteiger partial charge in [-0.1, -0.05) is 11.6 Å². The van der Waals surface area contributed by atoms with E-state index in [4.69, 9.17) is 20.8 Å². The van der Waals surface area contributed by atoms with Crippen LogP contribution in [0.2, 0.25) is 5.02 Å². The SMILES string of the molecule is C[N+](C)(CCCCOc1ccc(Cl)cc1)Cc1ccc([N+](=O)[O-])o1. The first-order valence-corrected chi connectivity index (χ1v) is 8.17. The van der Waals surface area contributed by atoms with Gasteiger partial charge in [-0.25, -0.2) is 0 Å². The molecule has 0 bridgehead atoms. The maximum atomic E-state index is 10.6. The Morgan fingerprint density at radius 1 is 1.17 bits per heavy atom. The van der Waals surface area contributed by atoms with Crippen LogP contribution >= 0.6 is 11.6 Å². The molecule has 6 nitrogen and oxygen atoms in total. The Morgan fingerprint density at radius 3 is 2.50 bits per heavy atom. The minimum Gasteiger partial charge on any atom is -0.494 e. The highest BCUT2D eigenvalue weighted by atomic mass is 35.5. The van der Waals surface area contributed by atoms with Gasteiger partial charge in [-0.2, -0.15) is 0 Å². The van der Waals surface area contributed by atoms with Gasteiger partial charge in [-0.15, -0.1) is 0 Å². The summed E-state index contributed by atoms with van der Waals surface area (Å²) >= 11 is 5.83. The zero-order valence-electron chi connectivity index (χ0n) is 13.9. The van der Waals surface area contributed by atoms with Gasteiger partial charge in [-0.3, -0.25) is 10.1 Å². The summed E-state index contributed by atoms with van der Waals surface area (Å²) < 4.78 is 11.6. The van der Waals surface area contributed by atoms with Gasteiger partial charge in [0.25, 0.3) is 0 Å². The Bertz CT molecular complexity index is 667. The quantitative estimate of drug-likeness (QED) is 0.292. The van der Waals surface area contributed by atoms with Crippen molar-refractivity contribution >= 4 is 17.5 Å². The summed E-state index contributed by atoms with van der Waals surface area (Å²) in [5, 5.41) is 11.3. The molecule has 7 heteroatoms. The molecule has 0 aliphatic carbocycles. The fourth-order valence-corrected chi connectivity index (χ4v) is 2.54. The van der Waals surface area contributed by atoms with Crippen molar-refractivity contribution in [3.05, 3.63) is 57.3 Å². The maximum Gasteiger partial charge on any atom is 0.433 e. The van der Waals surface area contributed by atoms with Crippen molar-refractivity contribution < 1.29 is 18.6 Å². The van der Waals surface area contributed by atoms with Gasteiger partial charge >= 0.3 is 5.88 Å². The zero-order chi connectivity index (χ0) is 17.6. The number of rotatable bonds is 9. The van der Waals surface area contributed by atoms with Crippen LogP contribution in [-0.2, 0) is 6.54 Å². The molecule has 0 spiro atoms. The highest BCUT2D eigenvalue weighted by Gasteiger charge is 2.20. The molecule has 0 aliphatic rings. The number of nitro groups is 1. The smallest absolute Gasteiger partial charge is 0.433 e. The molecular formula is C17H22ClN2O4+. The number of furan rings is 1. The number of ether oxygens (including phenoxy) is 1. The second-order valence-corrected chi connectivity index (χ2v) is 6.76. The van der Waals surface area contributed by atoms with Crippen LogP contribution in [0, 0.1) is 10.1 Å². The van der Waals surface area contributed by atoms with Crippen molar-refractivity contribution in [1.29, 1.82) is 0 Å². The van der Waals surface area contributed by atoms with E-state index in [2.05, 4.69) is 14.1 Å². The third-order valence-corrected chi connectivity index (χ3v) is 3.90. The lowest BCUT2D eigenvalue weighted by Crippen LogP contribution is -2.39. The molecule has 2 rings (SSSR count). The molecule has 0 radical (unpaired) electrons. The van der Waals surface area contributed by atoms with Crippen molar-refractivity contribution in [2.45, 2.75) is 19.4 Å². The van der Waals surface area contributed by atoms with E-state index in [1.54, 1.807) is 18.2 Å². The standard InChI is InChI=1S/C17H22ClN2O4/c1-20(2,13-16-9-10-17(24-16)19(21)22)11-3-4-12-23-15-7-5-14(18)6-8-15/h5-10H,3-4,11-13H2,1-2H3/q+1. The van der Waals surface area contributed by atoms with Crippen LogP contribution in [0.3, 0.4) is 0 Å². The highest BCUT2D eigenvalue weighted by Crippen LogP contribution is 2.19. The topological polar surface area (TPSA) is 65.5 Å². The van der Waals surface area contributed by atoms with E-state index in [-0.39, 0.29) is 5.88 Å². The van der Waals surface area contributed by atoms with E-state index >= 15 is 0 Å². The number of halogens is 1. The zero-order valence-corrected chi connectivity index (χ0v) is 14.7. The maximum absolute atomic E-state index is 10.6. The molecule has 2 aromatic rings. The molecule has 0 saturated heterocycles. The van der Waals surface area contributed by atoms with E-state index < -0.39 is 4.92 Å². The van der Waals surface area contributed by atoms with Crippen LogP contribution in [0.15, 0.2) is 40.8 Å². The average molecular weight is 354 g/mol. The van der Waals surface area contributed by atoms with Crippen molar-refractivity contribution in [3.8, 4) is 5.75 Å². The second kappa shape index (κ2) is 8.17. The van der Waals surface area contributed by atoms with Gasteiger partial charge in [0.2, 0.25) is 0 Å². The van der Waals surface area contributed by atoms with Gasteiger partial charge in [0.1, 0.15) is 17.2 Å². The summed E-state index contributed by atoms with van der Waals surface area (Å²) in [4.78, 5) is 10.1. The Balaban J connectivity index is 1.69. The molecule has 0 atom stereocenters. The van der Waals surface area contributed by atoms with E-state index in [0.29, 0.717) is 28.4 Å². The highest BCUT2D eigenvalue weighted by molar-refractivity contribution is 6.30. The molecule has 0 unspecified atom stereocenters. The van der Waals surface area contributed by atoms with Crippen molar-refractivity contribution in [3.63, 3.8) is 0 Å². The molecule has 0 N–H and O–H groups in total. The first-order valence-electron chi connectivity index (χ1n) is 7.79. The lowest BCUT2D eigenvalue weighted by Gasteiger charge is -2.28. The fraction of sp³-hybridized carbons (Fsp3) is 0.412.